The van der Waals surface area contributed by atoms with E-state index in [9.17, 15) is 0 Å². The van der Waals surface area contributed by atoms with Crippen molar-refractivity contribution in [2.75, 3.05) is 6.61 Å². The minimum atomic E-state index is -0.537. The van der Waals surface area contributed by atoms with Crippen LogP contribution < -0.4 is 0 Å². The maximum Gasteiger partial charge on any atom is 0.293 e. The van der Waals surface area contributed by atoms with Crippen LogP contribution in [0, 0.1) is 0 Å². The Morgan fingerprint density at radius 3 is 2.88 bits per heavy atom. The van der Waals surface area contributed by atoms with Gasteiger partial charge in [-0.2, -0.15) is 0 Å². The lowest BCUT2D eigenvalue weighted by molar-refractivity contribution is 0.288. The second kappa shape index (κ2) is 7.35. The molecule has 0 aliphatic rings. The molecule has 0 radical (unpaired) electrons. The van der Waals surface area contributed by atoms with Crippen LogP contribution in [0.2, 0.25) is 0 Å². The van der Waals surface area contributed by atoms with Crippen LogP contribution in [-0.4, -0.2) is 27.1 Å². The van der Waals surface area contributed by atoms with E-state index in [2.05, 4.69) is 6.92 Å². The summed E-state index contributed by atoms with van der Waals surface area (Å²) >= 11 is 0. The van der Waals surface area contributed by atoms with E-state index in [0.717, 1.165) is 17.1 Å². The largest absolute Gasteiger partial charge is 0.449 e. The van der Waals surface area contributed by atoms with Gasteiger partial charge in [-0.15, -0.1) is 0 Å². The number of hydrogen-bond donors (Lipinski definition) is 0. The van der Waals surface area contributed by atoms with Crippen LogP contribution in [0.1, 0.15) is 19.8 Å². The molecule has 0 fully saturated rings. The van der Waals surface area contributed by atoms with Gasteiger partial charge < -0.3 is 8.54 Å². The summed E-state index contributed by atoms with van der Waals surface area (Å²) in [7, 11) is 0.307. The van der Waals surface area contributed by atoms with E-state index < -0.39 is 10.0 Å². The molecule has 0 atom stereocenters. The fourth-order valence-electron chi connectivity index (χ4n) is 0.389. The van der Waals surface area contributed by atoms with Crippen LogP contribution in [0.3, 0.4) is 0 Å². The second-order valence-electron chi connectivity index (χ2n) is 1.67. The molecule has 0 saturated carbocycles. The van der Waals surface area contributed by atoms with Crippen molar-refractivity contribution in [2.24, 2.45) is 0 Å². The molecular weight excluding hydrogens is 136 g/mol. The number of hydrogen-bond acceptors (Lipinski definition) is 2. The summed E-state index contributed by atoms with van der Waals surface area (Å²) < 4.78 is 10.1. The summed E-state index contributed by atoms with van der Waals surface area (Å²) in [6.45, 7) is 3.07. The van der Waals surface area contributed by atoms with E-state index in [4.69, 9.17) is 8.54 Å². The first-order valence-corrected chi connectivity index (χ1v) is 4.95. The monoisotopic (exact) mass is 150 g/mol. The quantitative estimate of drug-likeness (QED) is 0.373. The van der Waals surface area contributed by atoms with Crippen LogP contribution in [-0.2, 0) is 8.54 Å². The molecule has 0 aliphatic heterocycles. The lowest BCUT2D eigenvalue weighted by Gasteiger charge is -1.98. The third kappa shape index (κ3) is 6.35. The van der Waals surface area contributed by atoms with E-state index in [1.165, 1.54) is 12.8 Å². The summed E-state index contributed by atoms with van der Waals surface area (Å²) in [5.41, 5.74) is 0. The van der Waals surface area contributed by atoms with Crippen molar-refractivity contribution in [1.82, 2.24) is 0 Å². The van der Waals surface area contributed by atoms with Crippen molar-refractivity contribution in [3.05, 3.63) is 0 Å². The van der Waals surface area contributed by atoms with Crippen molar-refractivity contribution in [2.45, 2.75) is 19.8 Å². The maximum absolute atomic E-state index is 5.17. The van der Waals surface area contributed by atoms with Gasteiger partial charge in [0.25, 0.3) is 10.0 Å². The molecule has 0 spiro atoms. The predicted octanol–water partition coefficient (Wildman–Crippen LogP) is -0.901. The van der Waals surface area contributed by atoms with E-state index in [1.807, 2.05) is 0 Å². The average molecular weight is 150 g/mol. The second-order valence-corrected chi connectivity index (χ2v) is 4.62. The fourth-order valence-corrected chi connectivity index (χ4v) is 1.38. The van der Waals surface area contributed by atoms with Gasteiger partial charge in [0.1, 0.15) is 10.5 Å². The molecule has 0 amide bonds. The molecule has 0 aromatic rings. The van der Waals surface area contributed by atoms with E-state index in [0.29, 0.717) is 0 Å². The summed E-state index contributed by atoms with van der Waals surface area (Å²) in [5.74, 6) is 0. The molecule has 0 bridgehead atoms. The van der Waals surface area contributed by atoms with E-state index in [1.54, 1.807) is 0 Å². The molecular formula is C4H14O2Si2. The Kier molecular flexibility index (Phi) is 7.68. The van der Waals surface area contributed by atoms with Crippen LogP contribution in [0.5, 0.6) is 0 Å². The van der Waals surface area contributed by atoms with Gasteiger partial charge in [0.2, 0.25) is 0 Å². The number of unbranched alkanes of at least 4 members (excludes halogenated alkanes) is 1. The predicted molar refractivity (Wildman–Crippen MR) is 40.4 cm³/mol. The zero-order chi connectivity index (χ0) is 6.24. The molecule has 0 saturated heterocycles. The van der Waals surface area contributed by atoms with Crippen molar-refractivity contribution in [1.29, 1.82) is 0 Å². The molecule has 50 valence electrons. The maximum atomic E-state index is 5.17. The van der Waals surface area contributed by atoms with Gasteiger partial charge in [-0.1, -0.05) is 13.3 Å². The van der Waals surface area contributed by atoms with E-state index in [-0.39, 0.29) is 0 Å². The smallest absolute Gasteiger partial charge is 0.293 e. The van der Waals surface area contributed by atoms with Crippen molar-refractivity contribution in [3.63, 3.8) is 0 Å². The van der Waals surface area contributed by atoms with Crippen molar-refractivity contribution < 1.29 is 8.54 Å². The lowest BCUT2D eigenvalue weighted by atomic mass is 10.4. The van der Waals surface area contributed by atoms with Crippen LogP contribution in [0.15, 0.2) is 0 Å². The van der Waals surface area contributed by atoms with Gasteiger partial charge in [0.05, 0.1) is 0 Å². The van der Waals surface area contributed by atoms with Gasteiger partial charge >= 0.3 is 0 Å². The first-order valence-electron chi connectivity index (χ1n) is 2.98. The Morgan fingerprint density at radius 1 is 1.62 bits per heavy atom. The van der Waals surface area contributed by atoms with Gasteiger partial charge in [-0.25, -0.2) is 0 Å². The van der Waals surface area contributed by atoms with E-state index >= 15 is 0 Å². The zero-order valence-corrected chi connectivity index (χ0v) is 9.06. The van der Waals surface area contributed by atoms with Crippen molar-refractivity contribution in [3.8, 4) is 0 Å². The highest BCUT2D eigenvalue weighted by Crippen LogP contribution is 1.85. The Balaban J connectivity index is 2.53. The molecule has 0 aromatic heterocycles. The van der Waals surface area contributed by atoms with Crippen LogP contribution in [0.25, 0.3) is 0 Å². The molecule has 0 unspecified atom stereocenters. The molecule has 0 aromatic carbocycles. The van der Waals surface area contributed by atoms with Gasteiger partial charge in [0.15, 0.2) is 0 Å². The summed E-state index contributed by atoms with van der Waals surface area (Å²) in [6, 6.07) is 0. The minimum Gasteiger partial charge on any atom is -0.449 e. The summed E-state index contributed by atoms with van der Waals surface area (Å²) in [5, 5.41) is 0. The Morgan fingerprint density at radius 2 is 2.38 bits per heavy atom. The van der Waals surface area contributed by atoms with Crippen LogP contribution in [0.4, 0.5) is 0 Å². The zero-order valence-electron chi connectivity index (χ0n) is 5.64. The van der Waals surface area contributed by atoms with Crippen LogP contribution >= 0.6 is 0 Å². The highest BCUT2D eigenvalue weighted by atomic mass is 28.3. The molecule has 0 heterocycles. The average Bonchev–Trinajstić information content (AvgIpc) is 1.81. The number of rotatable bonds is 5. The lowest BCUT2D eigenvalue weighted by Crippen LogP contribution is -2.02. The van der Waals surface area contributed by atoms with Crippen molar-refractivity contribution >= 4 is 20.5 Å². The SMILES string of the molecule is CCCCO[SiH2]O[SiH3]. The Labute approximate surface area is 56.2 Å². The van der Waals surface area contributed by atoms with Gasteiger partial charge in [-0.05, 0) is 6.42 Å². The Bertz CT molecular complexity index is 37.0. The molecule has 4 heteroatoms. The third-order valence-corrected chi connectivity index (χ3v) is 2.24. The standard InChI is InChI=1S/C4H14O2Si2/c1-2-3-4-5-8-6-7/h2-4,8H2,1,7H3. The normalized spacial score (nSPS) is 11.6. The minimum absolute atomic E-state index is 0.537. The molecule has 0 aliphatic carbocycles. The molecule has 2 nitrogen and oxygen atoms in total. The third-order valence-electron chi connectivity index (χ3n) is 0.843. The molecule has 0 rings (SSSR count). The topological polar surface area (TPSA) is 18.5 Å². The van der Waals surface area contributed by atoms with Gasteiger partial charge in [0, 0.05) is 6.61 Å². The summed E-state index contributed by atoms with van der Waals surface area (Å²) in [6.07, 6.45) is 2.40. The van der Waals surface area contributed by atoms with Gasteiger partial charge in [-0.3, -0.25) is 0 Å². The molecule has 0 N–H and O–H groups in total. The first kappa shape index (κ1) is 8.35. The first-order chi connectivity index (χ1) is 3.91. The summed E-state index contributed by atoms with van der Waals surface area (Å²) in [4.78, 5) is 0. The highest BCUT2D eigenvalue weighted by molar-refractivity contribution is 6.27. The fraction of sp³-hybridized carbons (Fsp3) is 1.00. The molecule has 8 heavy (non-hydrogen) atoms. The highest BCUT2D eigenvalue weighted by Gasteiger charge is 1.82. The Hall–Kier alpha value is 0.354.